The summed E-state index contributed by atoms with van der Waals surface area (Å²) in [5.41, 5.74) is 5.82. The fourth-order valence-electron chi connectivity index (χ4n) is 4.40. The van der Waals surface area contributed by atoms with Crippen LogP contribution in [0.4, 0.5) is 5.69 Å². The van der Waals surface area contributed by atoms with Gasteiger partial charge in [-0.3, -0.25) is 0 Å². The molecule has 0 aromatic heterocycles. The summed E-state index contributed by atoms with van der Waals surface area (Å²) in [6, 6.07) is 7.51. The van der Waals surface area contributed by atoms with Crippen molar-refractivity contribution in [3.8, 4) is 28.4 Å². The normalized spacial score (nSPS) is 17.0. The Bertz CT molecular complexity index is 1190. The number of rotatable bonds is 6. The van der Waals surface area contributed by atoms with Gasteiger partial charge < -0.3 is 24.7 Å². The van der Waals surface area contributed by atoms with Crippen molar-refractivity contribution < 1.29 is 19.4 Å². The molecule has 186 valence electrons. The van der Waals surface area contributed by atoms with E-state index >= 15 is 0 Å². The first-order chi connectivity index (χ1) is 16.8. The molecule has 2 heterocycles. The second kappa shape index (κ2) is 11.1. The highest BCUT2D eigenvalue weighted by atomic mass is 32.2. The average Bonchev–Trinajstić information content (AvgIpc) is 2.83. The molecule has 0 aliphatic carbocycles. The number of fused-ring (bicyclic) bond motifs is 5. The van der Waals surface area contributed by atoms with Gasteiger partial charge in [0.2, 0.25) is 0 Å². The van der Waals surface area contributed by atoms with E-state index in [9.17, 15) is 9.90 Å². The Morgan fingerprint density at radius 2 is 1.91 bits per heavy atom. The van der Waals surface area contributed by atoms with Crippen molar-refractivity contribution in [2.24, 2.45) is 5.92 Å². The molecule has 2 aromatic rings. The highest BCUT2D eigenvalue weighted by Gasteiger charge is 2.33. The van der Waals surface area contributed by atoms with Crippen LogP contribution in [-0.4, -0.2) is 29.8 Å². The van der Waals surface area contributed by atoms with Gasteiger partial charge in [0.05, 0.1) is 18.2 Å². The summed E-state index contributed by atoms with van der Waals surface area (Å²) in [7, 11) is 1.55. The first kappa shape index (κ1) is 26.5. The van der Waals surface area contributed by atoms with E-state index < -0.39 is 0 Å². The molecule has 0 saturated heterocycles. The Labute approximate surface area is 212 Å². The first-order valence-electron chi connectivity index (χ1n) is 11.9. The highest BCUT2D eigenvalue weighted by molar-refractivity contribution is 8.02. The number of carbonyl (C=O) groups excluding carboxylic acids is 1. The largest absolute Gasteiger partial charge is 0.504 e. The number of allylic oxidation sites excluding steroid dienone is 2. The van der Waals surface area contributed by atoms with Crippen LogP contribution in [-0.2, 0) is 4.79 Å². The maximum absolute atomic E-state index is 10.8. The Kier molecular flexibility index (Phi) is 8.39. The molecule has 35 heavy (non-hydrogen) atoms. The Morgan fingerprint density at radius 3 is 2.60 bits per heavy atom. The first-order valence-corrected chi connectivity index (χ1v) is 13.0. The molecule has 0 amide bonds. The van der Waals surface area contributed by atoms with Gasteiger partial charge in [-0.15, -0.1) is 11.8 Å². The summed E-state index contributed by atoms with van der Waals surface area (Å²) in [6.45, 7) is 12.3. The molecule has 0 spiro atoms. The third kappa shape index (κ3) is 5.43. The van der Waals surface area contributed by atoms with Gasteiger partial charge >= 0.3 is 0 Å². The van der Waals surface area contributed by atoms with Crippen LogP contribution >= 0.6 is 11.8 Å². The molecule has 6 heteroatoms. The number of phenols is 1. The second-order valence-corrected chi connectivity index (χ2v) is 9.84. The minimum absolute atomic E-state index is 0.0764. The van der Waals surface area contributed by atoms with Gasteiger partial charge in [-0.1, -0.05) is 39.0 Å². The van der Waals surface area contributed by atoms with E-state index in [0.29, 0.717) is 17.3 Å². The number of phenolic OH excluding ortho intramolecular Hbond substituents is 1. The predicted octanol–water partition coefficient (Wildman–Crippen LogP) is 7.52. The van der Waals surface area contributed by atoms with E-state index in [0.717, 1.165) is 45.6 Å². The molecule has 4 rings (SSSR count). The number of aldehydes is 1. The molecule has 2 aliphatic heterocycles. The van der Waals surface area contributed by atoms with Gasteiger partial charge in [0, 0.05) is 34.0 Å². The lowest BCUT2D eigenvalue weighted by atomic mass is 9.83. The van der Waals surface area contributed by atoms with Crippen molar-refractivity contribution in [3.05, 3.63) is 59.0 Å². The van der Waals surface area contributed by atoms with Crippen molar-refractivity contribution in [1.82, 2.24) is 0 Å². The quantitative estimate of drug-likeness (QED) is 0.320. The lowest BCUT2D eigenvalue weighted by Gasteiger charge is -2.35. The zero-order valence-electron chi connectivity index (χ0n) is 21.6. The molecule has 1 atom stereocenters. The lowest BCUT2D eigenvalue weighted by Crippen LogP contribution is -2.32. The van der Waals surface area contributed by atoms with Crippen LogP contribution < -0.4 is 14.8 Å². The molecule has 0 saturated carbocycles. The number of nitrogens with one attached hydrogen (secondary N) is 1. The Hall–Kier alpha value is -3.12. The summed E-state index contributed by atoms with van der Waals surface area (Å²) >= 11 is 1.60. The number of anilines is 1. The molecular formula is C29H35NO4S. The van der Waals surface area contributed by atoms with E-state index in [1.54, 1.807) is 31.0 Å². The standard InChI is InChI=1S/C27H29NO4S.C2H6/c1-16(15-29)10-12-33-13-11-22-24-18(25-21(32-22)9-8-20(30)26(25)31-5)6-7-19-23(24)17(2)14-27(3,4)28-19;1-2/h6-12,14-16,28,30H,13H2,1-5H3;1-2H3/b12-10-,22-11-;. The fraction of sp³-hybridized carbons (Fsp3) is 0.345. The third-order valence-electron chi connectivity index (χ3n) is 5.73. The molecule has 0 fully saturated rings. The predicted molar refractivity (Wildman–Crippen MR) is 148 cm³/mol. The minimum Gasteiger partial charge on any atom is -0.504 e. The monoisotopic (exact) mass is 493 g/mol. The number of benzene rings is 2. The van der Waals surface area contributed by atoms with Crippen LogP contribution in [0.15, 0.2) is 47.9 Å². The molecule has 2 aromatic carbocycles. The summed E-state index contributed by atoms with van der Waals surface area (Å²) in [5.74, 6) is 2.47. The van der Waals surface area contributed by atoms with Gasteiger partial charge in [0.25, 0.3) is 0 Å². The number of thioether (sulfide) groups is 1. The van der Waals surface area contributed by atoms with Crippen LogP contribution in [0, 0.1) is 5.92 Å². The number of hydrogen-bond acceptors (Lipinski definition) is 6. The van der Waals surface area contributed by atoms with Crippen LogP contribution in [0.3, 0.4) is 0 Å². The smallest absolute Gasteiger partial charge is 0.172 e. The summed E-state index contributed by atoms with van der Waals surface area (Å²) in [5, 5.41) is 16.0. The van der Waals surface area contributed by atoms with Crippen LogP contribution in [0.25, 0.3) is 22.5 Å². The number of carbonyl (C=O) groups is 1. The Balaban J connectivity index is 0.00000167. The summed E-state index contributed by atoms with van der Waals surface area (Å²) in [4.78, 5) is 10.8. The van der Waals surface area contributed by atoms with Crippen molar-refractivity contribution >= 4 is 35.1 Å². The molecular weight excluding hydrogens is 458 g/mol. The average molecular weight is 494 g/mol. The van der Waals surface area contributed by atoms with Crippen LogP contribution in [0.2, 0.25) is 0 Å². The van der Waals surface area contributed by atoms with Crippen molar-refractivity contribution in [2.75, 3.05) is 18.2 Å². The van der Waals surface area contributed by atoms with E-state index in [4.69, 9.17) is 9.47 Å². The zero-order valence-corrected chi connectivity index (χ0v) is 22.4. The summed E-state index contributed by atoms with van der Waals surface area (Å²) in [6.07, 6.45) is 7.09. The molecule has 2 aliphatic rings. The number of ether oxygens (including phenoxy) is 2. The minimum atomic E-state index is -0.158. The van der Waals surface area contributed by atoms with E-state index in [2.05, 4.69) is 50.4 Å². The molecule has 0 bridgehead atoms. The Morgan fingerprint density at radius 1 is 1.17 bits per heavy atom. The van der Waals surface area contributed by atoms with Gasteiger partial charge in [0.15, 0.2) is 11.5 Å². The lowest BCUT2D eigenvalue weighted by molar-refractivity contribution is -0.109. The van der Waals surface area contributed by atoms with E-state index in [-0.39, 0.29) is 17.2 Å². The zero-order chi connectivity index (χ0) is 25.8. The van der Waals surface area contributed by atoms with Crippen molar-refractivity contribution in [3.63, 3.8) is 0 Å². The van der Waals surface area contributed by atoms with Crippen molar-refractivity contribution in [1.29, 1.82) is 0 Å². The molecule has 5 nitrogen and oxygen atoms in total. The number of methoxy groups -OCH3 is 1. The van der Waals surface area contributed by atoms with E-state index in [1.165, 1.54) is 0 Å². The molecule has 2 N–H and O–H groups in total. The summed E-state index contributed by atoms with van der Waals surface area (Å²) < 4.78 is 12.0. The fourth-order valence-corrected chi connectivity index (χ4v) is 5.11. The highest BCUT2D eigenvalue weighted by Crippen LogP contribution is 2.53. The molecule has 1 unspecified atom stereocenters. The molecule has 0 radical (unpaired) electrons. The number of aromatic hydroxyl groups is 1. The maximum atomic E-state index is 10.8. The topological polar surface area (TPSA) is 67.8 Å². The second-order valence-electron chi connectivity index (χ2n) is 8.90. The van der Waals surface area contributed by atoms with Gasteiger partial charge in [0.1, 0.15) is 17.8 Å². The van der Waals surface area contributed by atoms with Gasteiger partial charge in [-0.2, -0.15) is 0 Å². The van der Waals surface area contributed by atoms with Crippen LogP contribution in [0.5, 0.6) is 17.2 Å². The SMILES string of the molecule is CC.COc1c(O)ccc2c1-c1ccc3c(c1/C(=C/CS/C=C\C(C)C=O)O2)C(C)=CC(C)(C)N3. The maximum Gasteiger partial charge on any atom is 0.172 e. The van der Waals surface area contributed by atoms with Crippen molar-refractivity contribution in [2.45, 2.75) is 47.1 Å². The number of hydrogen-bond donors (Lipinski definition) is 2. The van der Waals surface area contributed by atoms with E-state index in [1.807, 2.05) is 32.3 Å². The van der Waals surface area contributed by atoms with Gasteiger partial charge in [-0.25, -0.2) is 0 Å². The van der Waals surface area contributed by atoms with Gasteiger partial charge in [-0.05, 0) is 56.0 Å². The third-order valence-corrected chi connectivity index (χ3v) is 6.44. The van der Waals surface area contributed by atoms with Crippen LogP contribution in [0.1, 0.15) is 52.7 Å².